The average molecular weight is 331 g/mol. The van der Waals surface area contributed by atoms with E-state index in [1.165, 1.54) is 0 Å². The molecule has 100 valence electrons. The molecule has 6 heteroatoms. The molecule has 0 fully saturated rings. The van der Waals surface area contributed by atoms with Gasteiger partial charge >= 0.3 is 0 Å². The molecule has 19 heavy (non-hydrogen) atoms. The maximum absolute atomic E-state index is 13.0. The van der Waals surface area contributed by atoms with Crippen LogP contribution in [0.4, 0.5) is 18.9 Å². The van der Waals surface area contributed by atoms with Crippen LogP contribution in [0.1, 0.15) is 11.3 Å². The first-order valence-corrected chi connectivity index (χ1v) is 6.27. The van der Waals surface area contributed by atoms with Gasteiger partial charge in [0, 0.05) is 6.54 Å². The summed E-state index contributed by atoms with van der Waals surface area (Å²) >= 11 is 3.24. The number of hydrogen-bond donors (Lipinski definition) is 1. The Morgan fingerprint density at radius 1 is 1.16 bits per heavy atom. The van der Waals surface area contributed by atoms with Gasteiger partial charge in [0.05, 0.1) is 11.4 Å². The molecule has 1 aromatic carbocycles. The Kier molecular flexibility index (Phi) is 4.09. The van der Waals surface area contributed by atoms with Gasteiger partial charge in [-0.1, -0.05) is 0 Å². The van der Waals surface area contributed by atoms with Gasteiger partial charge in [0.2, 0.25) is 0 Å². The van der Waals surface area contributed by atoms with Gasteiger partial charge < -0.3 is 5.32 Å². The van der Waals surface area contributed by atoms with Crippen LogP contribution in [0.15, 0.2) is 28.9 Å². The topological polar surface area (TPSA) is 24.9 Å². The Morgan fingerprint density at radius 3 is 2.37 bits per heavy atom. The van der Waals surface area contributed by atoms with Crippen molar-refractivity contribution >= 4 is 21.6 Å². The van der Waals surface area contributed by atoms with E-state index in [0.29, 0.717) is 10.2 Å². The summed E-state index contributed by atoms with van der Waals surface area (Å²) < 4.78 is 39.6. The first kappa shape index (κ1) is 13.9. The van der Waals surface area contributed by atoms with Crippen LogP contribution in [-0.4, -0.2) is 4.98 Å². The standard InChI is InChI=1S/C13H10BrF3N2/c1-7-11(2-3-12(14)19-7)18-6-8-4-9(15)13(17)10(16)5-8/h2-5,18H,6H2,1H3. The van der Waals surface area contributed by atoms with Gasteiger partial charge in [-0.25, -0.2) is 18.2 Å². The molecule has 1 N–H and O–H groups in total. The first-order chi connectivity index (χ1) is 8.97. The second kappa shape index (κ2) is 5.61. The maximum Gasteiger partial charge on any atom is 0.194 e. The largest absolute Gasteiger partial charge is 0.379 e. The van der Waals surface area contributed by atoms with E-state index in [1.54, 1.807) is 19.1 Å². The highest BCUT2D eigenvalue weighted by Crippen LogP contribution is 2.18. The van der Waals surface area contributed by atoms with E-state index in [-0.39, 0.29) is 6.54 Å². The molecule has 0 radical (unpaired) electrons. The van der Waals surface area contributed by atoms with E-state index in [0.717, 1.165) is 23.5 Å². The zero-order valence-corrected chi connectivity index (χ0v) is 11.6. The zero-order chi connectivity index (χ0) is 14.0. The molecule has 0 saturated heterocycles. The smallest absolute Gasteiger partial charge is 0.194 e. The second-order valence-electron chi connectivity index (χ2n) is 3.99. The van der Waals surface area contributed by atoms with Gasteiger partial charge in [-0.15, -0.1) is 0 Å². The van der Waals surface area contributed by atoms with Crippen molar-refractivity contribution in [1.29, 1.82) is 0 Å². The molecule has 0 aliphatic carbocycles. The third kappa shape index (κ3) is 3.26. The molecule has 0 bridgehead atoms. The molecule has 0 spiro atoms. The van der Waals surface area contributed by atoms with E-state index in [9.17, 15) is 13.2 Å². The lowest BCUT2D eigenvalue weighted by atomic mass is 10.2. The summed E-state index contributed by atoms with van der Waals surface area (Å²) in [5, 5.41) is 2.99. The molecule has 2 aromatic rings. The van der Waals surface area contributed by atoms with Gasteiger partial charge in [-0.3, -0.25) is 0 Å². The summed E-state index contributed by atoms with van der Waals surface area (Å²) in [6.07, 6.45) is 0. The monoisotopic (exact) mass is 330 g/mol. The molecule has 1 heterocycles. The predicted octanol–water partition coefficient (Wildman–Crippen LogP) is 4.18. The summed E-state index contributed by atoms with van der Waals surface area (Å²) in [7, 11) is 0. The van der Waals surface area contributed by atoms with E-state index in [1.807, 2.05) is 0 Å². The lowest BCUT2D eigenvalue weighted by Crippen LogP contribution is -2.04. The lowest BCUT2D eigenvalue weighted by molar-refractivity contribution is 0.445. The van der Waals surface area contributed by atoms with Gasteiger partial charge in [0.1, 0.15) is 4.60 Å². The summed E-state index contributed by atoms with van der Waals surface area (Å²) in [5.74, 6) is -3.84. The predicted molar refractivity (Wildman–Crippen MR) is 70.3 cm³/mol. The Morgan fingerprint density at radius 2 is 1.79 bits per heavy atom. The fourth-order valence-corrected chi connectivity index (χ4v) is 2.02. The zero-order valence-electron chi connectivity index (χ0n) is 9.98. The number of benzene rings is 1. The van der Waals surface area contributed by atoms with E-state index >= 15 is 0 Å². The number of rotatable bonds is 3. The summed E-state index contributed by atoms with van der Waals surface area (Å²) in [6, 6.07) is 5.48. The Hall–Kier alpha value is -1.56. The third-order valence-electron chi connectivity index (χ3n) is 2.58. The van der Waals surface area contributed by atoms with Crippen molar-refractivity contribution < 1.29 is 13.2 Å². The second-order valence-corrected chi connectivity index (χ2v) is 4.81. The van der Waals surface area contributed by atoms with Crippen LogP contribution in [0.2, 0.25) is 0 Å². The van der Waals surface area contributed by atoms with Crippen molar-refractivity contribution in [2.24, 2.45) is 0 Å². The van der Waals surface area contributed by atoms with Crippen LogP contribution in [0, 0.1) is 24.4 Å². The number of pyridine rings is 1. The van der Waals surface area contributed by atoms with Gasteiger partial charge in [0.15, 0.2) is 17.5 Å². The molecule has 0 atom stereocenters. The lowest BCUT2D eigenvalue weighted by Gasteiger charge is -2.09. The van der Waals surface area contributed by atoms with Crippen LogP contribution in [0.5, 0.6) is 0 Å². The molecule has 0 unspecified atom stereocenters. The summed E-state index contributed by atoms with van der Waals surface area (Å²) in [6.45, 7) is 1.98. The molecule has 0 saturated carbocycles. The fraction of sp³-hybridized carbons (Fsp3) is 0.154. The molecule has 2 nitrogen and oxygen atoms in total. The number of anilines is 1. The van der Waals surface area contributed by atoms with Crippen LogP contribution >= 0.6 is 15.9 Å². The molecular formula is C13H10BrF3N2. The number of nitrogens with zero attached hydrogens (tertiary/aromatic N) is 1. The minimum atomic E-state index is -1.45. The van der Waals surface area contributed by atoms with Crippen LogP contribution in [-0.2, 0) is 6.54 Å². The minimum absolute atomic E-state index is 0.179. The van der Waals surface area contributed by atoms with Crippen LogP contribution < -0.4 is 5.32 Å². The molecule has 1 aromatic heterocycles. The van der Waals surface area contributed by atoms with Crippen molar-refractivity contribution in [3.05, 3.63) is 57.6 Å². The highest BCUT2D eigenvalue weighted by Gasteiger charge is 2.10. The van der Waals surface area contributed by atoms with Crippen molar-refractivity contribution in [3.63, 3.8) is 0 Å². The number of aromatic nitrogens is 1. The van der Waals surface area contributed by atoms with Crippen molar-refractivity contribution in [3.8, 4) is 0 Å². The Balaban J connectivity index is 2.14. The maximum atomic E-state index is 13.0. The number of hydrogen-bond acceptors (Lipinski definition) is 2. The highest BCUT2D eigenvalue weighted by atomic mass is 79.9. The first-order valence-electron chi connectivity index (χ1n) is 5.48. The Labute approximate surface area is 116 Å². The summed E-state index contributed by atoms with van der Waals surface area (Å²) in [5.41, 5.74) is 1.81. The number of halogens is 4. The van der Waals surface area contributed by atoms with Gasteiger partial charge in [0.25, 0.3) is 0 Å². The molecular weight excluding hydrogens is 321 g/mol. The van der Waals surface area contributed by atoms with E-state index in [4.69, 9.17) is 0 Å². The minimum Gasteiger partial charge on any atom is -0.379 e. The number of aryl methyl sites for hydroxylation is 1. The van der Waals surface area contributed by atoms with Crippen molar-refractivity contribution in [1.82, 2.24) is 4.98 Å². The molecule has 0 amide bonds. The molecule has 0 aliphatic rings. The Bertz CT molecular complexity index is 594. The van der Waals surface area contributed by atoms with Gasteiger partial charge in [-0.2, -0.15) is 0 Å². The number of nitrogens with one attached hydrogen (secondary N) is 1. The van der Waals surface area contributed by atoms with Gasteiger partial charge in [-0.05, 0) is 52.7 Å². The van der Waals surface area contributed by atoms with E-state index < -0.39 is 17.5 Å². The van der Waals surface area contributed by atoms with Crippen LogP contribution in [0.25, 0.3) is 0 Å². The summed E-state index contributed by atoms with van der Waals surface area (Å²) in [4.78, 5) is 4.18. The third-order valence-corrected chi connectivity index (χ3v) is 3.02. The van der Waals surface area contributed by atoms with Crippen LogP contribution in [0.3, 0.4) is 0 Å². The van der Waals surface area contributed by atoms with Crippen molar-refractivity contribution in [2.75, 3.05) is 5.32 Å². The van der Waals surface area contributed by atoms with Crippen molar-refractivity contribution in [2.45, 2.75) is 13.5 Å². The molecule has 2 rings (SSSR count). The average Bonchev–Trinajstić information content (AvgIpc) is 2.34. The quantitative estimate of drug-likeness (QED) is 0.674. The molecule has 0 aliphatic heterocycles. The van der Waals surface area contributed by atoms with E-state index in [2.05, 4.69) is 26.2 Å². The normalized spacial score (nSPS) is 10.6. The SMILES string of the molecule is Cc1nc(Br)ccc1NCc1cc(F)c(F)c(F)c1. The fourth-order valence-electron chi connectivity index (χ4n) is 1.62. The highest BCUT2D eigenvalue weighted by molar-refractivity contribution is 9.10.